The Labute approximate surface area is 242 Å². The quantitative estimate of drug-likeness (QED) is 0.485. The van der Waals surface area contributed by atoms with E-state index in [1.54, 1.807) is 6.07 Å². The third kappa shape index (κ3) is 6.16. The van der Waals surface area contributed by atoms with Gasteiger partial charge < -0.3 is 20.4 Å². The topological polar surface area (TPSA) is 97.2 Å². The van der Waals surface area contributed by atoms with Crippen LogP contribution in [0.1, 0.15) is 50.3 Å². The first-order valence-electron chi connectivity index (χ1n) is 14.6. The summed E-state index contributed by atoms with van der Waals surface area (Å²) in [6.07, 6.45) is 3.88. The molecule has 0 spiro atoms. The number of alkyl halides is 3. The summed E-state index contributed by atoms with van der Waals surface area (Å²) in [5, 5.41) is 17.1. The molecule has 5 atom stereocenters. The second-order valence-electron chi connectivity index (χ2n) is 12.1. The van der Waals surface area contributed by atoms with Gasteiger partial charge in [-0.05, 0) is 56.1 Å². The largest absolute Gasteiger partial charge is 0.393 e. The van der Waals surface area contributed by atoms with Crippen molar-refractivity contribution < 1.29 is 18.0 Å². The molecule has 0 aromatic carbocycles. The molecule has 0 bridgehead atoms. The molecule has 2 aromatic rings. The maximum atomic E-state index is 12.9. The van der Waals surface area contributed by atoms with Crippen molar-refractivity contribution in [2.45, 2.75) is 76.2 Å². The molecule has 5 unspecified atom stereocenters. The molecule has 6 rings (SSSR count). The molecule has 4 aliphatic rings. The van der Waals surface area contributed by atoms with Crippen molar-refractivity contribution >= 4 is 33.3 Å². The van der Waals surface area contributed by atoms with Crippen LogP contribution in [0, 0.1) is 29.1 Å². The number of halogens is 3. The maximum Gasteiger partial charge on any atom is 0.393 e. The molecule has 8 nitrogen and oxygen atoms in total. The average Bonchev–Trinajstić information content (AvgIpc) is 3.63. The van der Waals surface area contributed by atoms with Crippen LogP contribution in [-0.2, 0) is 11.2 Å². The first-order valence-corrected chi connectivity index (χ1v) is 15.5. The summed E-state index contributed by atoms with van der Waals surface area (Å²) in [7, 11) is 0. The van der Waals surface area contributed by atoms with Crippen molar-refractivity contribution in [2.24, 2.45) is 17.8 Å². The molecule has 2 aromatic heterocycles. The Morgan fingerprint density at radius 2 is 1.98 bits per heavy atom. The van der Waals surface area contributed by atoms with Crippen LogP contribution >= 0.6 is 11.3 Å². The van der Waals surface area contributed by atoms with Gasteiger partial charge in [-0.2, -0.15) is 18.4 Å². The molecule has 1 aliphatic carbocycles. The number of nitrogens with zero attached hydrogens (tertiary/aromatic N) is 5. The number of nitrogens with one attached hydrogen (secondary N) is 2. The van der Waals surface area contributed by atoms with Crippen LogP contribution in [0.25, 0.3) is 10.2 Å². The maximum absolute atomic E-state index is 12.9. The molecule has 3 fully saturated rings. The molecular formula is C29H36F3N7OS. The number of hydrogen-bond acceptors (Lipinski definition) is 8. The molecular weight excluding hydrogens is 551 g/mol. The van der Waals surface area contributed by atoms with E-state index in [2.05, 4.69) is 49.5 Å². The molecule has 2 N–H and O–H groups in total. The van der Waals surface area contributed by atoms with E-state index in [4.69, 9.17) is 0 Å². The van der Waals surface area contributed by atoms with Crippen LogP contribution in [-0.4, -0.2) is 76.2 Å². The molecule has 220 valence electrons. The number of thiophene rings is 1. The highest BCUT2D eigenvalue weighted by Gasteiger charge is 2.44. The van der Waals surface area contributed by atoms with E-state index >= 15 is 0 Å². The van der Waals surface area contributed by atoms with Crippen LogP contribution in [0.4, 0.5) is 19.0 Å². The first-order chi connectivity index (χ1) is 19.7. The van der Waals surface area contributed by atoms with E-state index < -0.39 is 12.6 Å². The highest BCUT2D eigenvalue weighted by molar-refractivity contribution is 7.18. The normalized spacial score (nSPS) is 29.3. The Morgan fingerprint density at radius 3 is 2.68 bits per heavy atom. The first kappa shape index (κ1) is 28.2. The molecule has 12 heteroatoms. The van der Waals surface area contributed by atoms with Crippen LogP contribution in [0.3, 0.4) is 0 Å². The van der Waals surface area contributed by atoms with E-state index in [1.807, 2.05) is 0 Å². The van der Waals surface area contributed by atoms with Gasteiger partial charge in [-0.25, -0.2) is 9.97 Å². The Balaban J connectivity index is 1.02. The fourth-order valence-electron chi connectivity index (χ4n) is 7.32. The number of rotatable bonds is 7. The fraction of sp³-hybridized carbons (Fsp3) is 0.655. The van der Waals surface area contributed by atoms with Crippen molar-refractivity contribution in [3.05, 3.63) is 29.0 Å². The number of fused-ring (bicyclic) bond motifs is 2. The zero-order valence-electron chi connectivity index (χ0n) is 23.2. The monoisotopic (exact) mass is 587 g/mol. The molecule has 5 heterocycles. The van der Waals surface area contributed by atoms with E-state index in [9.17, 15) is 23.2 Å². The number of anilines is 1. The summed E-state index contributed by atoms with van der Waals surface area (Å²) in [4.78, 5) is 25.9. The zero-order chi connectivity index (χ0) is 28.7. The van der Waals surface area contributed by atoms with Gasteiger partial charge in [0.15, 0.2) is 0 Å². The number of aromatic nitrogens is 2. The highest BCUT2D eigenvalue weighted by atomic mass is 32.1. The smallest absolute Gasteiger partial charge is 0.367 e. The summed E-state index contributed by atoms with van der Waals surface area (Å²) in [6.45, 7) is 6.00. The number of hydrogen-bond donors (Lipinski definition) is 2. The second-order valence-corrected chi connectivity index (χ2v) is 13.2. The second kappa shape index (κ2) is 11.4. The van der Waals surface area contributed by atoms with Gasteiger partial charge in [0.2, 0.25) is 5.91 Å². The van der Waals surface area contributed by atoms with Crippen LogP contribution in [0.5, 0.6) is 0 Å². The number of carbonyl (C=O) groups is 1. The third-order valence-corrected chi connectivity index (χ3v) is 10.5. The number of nitriles is 1. The minimum atomic E-state index is -4.24. The molecule has 41 heavy (non-hydrogen) atoms. The van der Waals surface area contributed by atoms with Gasteiger partial charge >= 0.3 is 6.18 Å². The van der Waals surface area contributed by atoms with Gasteiger partial charge in [-0.15, -0.1) is 11.3 Å². The molecule has 3 aliphatic heterocycles. The minimum absolute atomic E-state index is 0.108. The van der Waals surface area contributed by atoms with Gasteiger partial charge in [0.05, 0.1) is 11.8 Å². The fourth-order valence-corrected chi connectivity index (χ4v) is 8.35. The molecule has 1 amide bonds. The highest BCUT2D eigenvalue weighted by Crippen LogP contribution is 2.44. The molecule has 2 saturated heterocycles. The van der Waals surface area contributed by atoms with Crippen molar-refractivity contribution in [3.8, 4) is 6.07 Å². The summed E-state index contributed by atoms with van der Waals surface area (Å²) in [6, 6.07) is 4.66. The summed E-state index contributed by atoms with van der Waals surface area (Å²) in [5.74, 6) is 2.11. The predicted molar refractivity (Wildman–Crippen MR) is 151 cm³/mol. The lowest BCUT2D eigenvalue weighted by Gasteiger charge is -2.44. The summed E-state index contributed by atoms with van der Waals surface area (Å²) in [5.41, 5.74) is 0.760. The average molecular weight is 588 g/mol. The van der Waals surface area contributed by atoms with Crippen LogP contribution in [0.15, 0.2) is 24.2 Å². The zero-order valence-corrected chi connectivity index (χ0v) is 24.0. The summed E-state index contributed by atoms with van der Waals surface area (Å²) >= 11 is 1.08. The van der Waals surface area contributed by atoms with Gasteiger partial charge in [0.1, 0.15) is 28.7 Å². The lowest BCUT2D eigenvalue weighted by Crippen LogP contribution is -2.49. The minimum Gasteiger partial charge on any atom is -0.367 e. The lowest BCUT2D eigenvalue weighted by molar-refractivity contribution is -0.126. The molecule has 1 saturated carbocycles. The van der Waals surface area contributed by atoms with Crippen LogP contribution < -0.4 is 10.6 Å². The van der Waals surface area contributed by atoms with Crippen molar-refractivity contribution in [2.75, 3.05) is 31.5 Å². The van der Waals surface area contributed by atoms with Crippen molar-refractivity contribution in [3.63, 3.8) is 0 Å². The van der Waals surface area contributed by atoms with E-state index in [0.29, 0.717) is 46.3 Å². The number of piperidine rings is 1. The Kier molecular flexibility index (Phi) is 7.85. The predicted octanol–water partition coefficient (Wildman–Crippen LogP) is 4.70. The number of amides is 1. The van der Waals surface area contributed by atoms with E-state index in [0.717, 1.165) is 75.3 Å². The van der Waals surface area contributed by atoms with Gasteiger partial charge in [0.25, 0.3) is 0 Å². The third-order valence-electron chi connectivity index (χ3n) is 9.48. The Bertz CT molecular complexity index is 1350. The lowest BCUT2D eigenvalue weighted by atomic mass is 9.70. The summed E-state index contributed by atoms with van der Waals surface area (Å²) < 4.78 is 38.7. The SMILES string of the molecule is CC1C(CN2CCC(Nc3ncnc4sc(CC(F)(F)F)cc34)CC2)CCC2C1C=C(C#N)N2CC1CCC(=O)N1. The van der Waals surface area contributed by atoms with E-state index in [1.165, 1.54) is 6.33 Å². The van der Waals surface area contributed by atoms with Gasteiger partial charge in [-0.3, -0.25) is 4.79 Å². The van der Waals surface area contributed by atoms with E-state index in [-0.39, 0.29) is 22.9 Å². The molecule has 0 radical (unpaired) electrons. The van der Waals surface area contributed by atoms with Crippen molar-refractivity contribution in [1.82, 2.24) is 25.1 Å². The Hall–Kier alpha value is -2.91. The number of allylic oxidation sites excluding steroid dienone is 1. The van der Waals surface area contributed by atoms with Crippen molar-refractivity contribution in [1.29, 1.82) is 5.26 Å². The van der Waals surface area contributed by atoms with Crippen LogP contribution in [0.2, 0.25) is 0 Å². The Morgan fingerprint density at radius 1 is 1.17 bits per heavy atom. The van der Waals surface area contributed by atoms with Gasteiger partial charge in [-0.1, -0.05) is 6.92 Å². The number of likely N-dealkylation sites (tertiary alicyclic amines) is 1. The standard InChI is InChI=1S/C29H36F3N7OS/c1-17-18(2-4-25-23(17)10-21(13-33)39(25)15-20-3-5-26(40)36-20)14-38-8-6-19(7-9-38)37-27-24-11-22(12-29(30,31)32)41-28(24)35-16-34-27/h10-11,16-20,23,25H,2-9,12,14-15H2,1H3,(H,36,40)(H,34,35,37). The van der Waals surface area contributed by atoms with Gasteiger partial charge in [0, 0.05) is 61.5 Å². The number of carbonyl (C=O) groups excluding carboxylic acids is 1.